The topological polar surface area (TPSA) is 73.9 Å². The number of para-hydroxylation sites is 1. The molecule has 6 nitrogen and oxygen atoms in total. The van der Waals surface area contributed by atoms with Crippen LogP contribution in [0.5, 0.6) is 5.75 Å². The van der Waals surface area contributed by atoms with Gasteiger partial charge in [0.2, 0.25) is 0 Å². The summed E-state index contributed by atoms with van der Waals surface area (Å²) >= 11 is 0. The molecule has 0 unspecified atom stereocenters. The lowest BCUT2D eigenvalue weighted by molar-refractivity contribution is -0.138. The summed E-state index contributed by atoms with van der Waals surface area (Å²) < 4.78 is 51.0. The van der Waals surface area contributed by atoms with Gasteiger partial charge in [-0.25, -0.2) is 14.0 Å². The second-order valence-corrected chi connectivity index (χ2v) is 3.69. The summed E-state index contributed by atoms with van der Waals surface area (Å²) in [5.74, 6) is -3.77. The largest absolute Gasteiger partial charge is 0.466 e. The number of rotatable bonds is 6. The van der Waals surface area contributed by atoms with E-state index in [1.807, 2.05) is 0 Å². The van der Waals surface area contributed by atoms with Gasteiger partial charge in [-0.1, -0.05) is 6.07 Å². The van der Waals surface area contributed by atoms with Crippen LogP contribution < -0.4 is 10.1 Å². The van der Waals surface area contributed by atoms with Crippen molar-refractivity contribution in [3.8, 4) is 5.75 Å². The molecule has 22 heavy (non-hydrogen) atoms. The highest BCUT2D eigenvalue weighted by molar-refractivity contribution is 5.99. The van der Waals surface area contributed by atoms with Crippen LogP contribution in [0.3, 0.4) is 0 Å². The third kappa shape index (κ3) is 4.69. The molecule has 0 radical (unpaired) electrons. The van der Waals surface area contributed by atoms with Crippen molar-refractivity contribution in [2.75, 3.05) is 19.5 Å². The lowest BCUT2D eigenvalue weighted by atomic mass is 10.2. The van der Waals surface area contributed by atoms with Crippen molar-refractivity contribution in [3.63, 3.8) is 0 Å². The molecule has 1 N–H and O–H groups in total. The summed E-state index contributed by atoms with van der Waals surface area (Å²) in [6, 6.07) is 3.27. The molecular weight excluding hydrogens is 307 g/mol. The van der Waals surface area contributed by atoms with Crippen molar-refractivity contribution in [3.05, 3.63) is 35.8 Å². The molecule has 1 aromatic rings. The molecule has 0 amide bonds. The smallest absolute Gasteiger partial charge is 0.387 e. The van der Waals surface area contributed by atoms with Gasteiger partial charge in [0.15, 0.2) is 11.6 Å². The standard InChI is InChI=1S/C13H12F3NO5/c1-20-10(18)6-9(12(19)21-2)17-8-5-3-4-7(14)11(8)22-13(15)16/h3-6,13,17H,1-2H3/b9-6+. The number of carbonyl (C=O) groups is 2. The number of esters is 2. The fourth-order valence-electron chi connectivity index (χ4n) is 1.39. The lowest BCUT2D eigenvalue weighted by Crippen LogP contribution is -2.16. The first-order valence-electron chi connectivity index (χ1n) is 5.77. The van der Waals surface area contributed by atoms with Crippen LogP contribution in [-0.4, -0.2) is 32.8 Å². The molecule has 0 aliphatic heterocycles. The second kappa shape index (κ2) is 7.91. The maximum absolute atomic E-state index is 13.5. The highest BCUT2D eigenvalue weighted by Crippen LogP contribution is 2.30. The van der Waals surface area contributed by atoms with Crippen LogP contribution in [0.25, 0.3) is 0 Å². The minimum absolute atomic E-state index is 0.291. The molecule has 120 valence electrons. The summed E-state index contributed by atoms with van der Waals surface area (Å²) in [5.41, 5.74) is -0.736. The average molecular weight is 319 g/mol. The highest BCUT2D eigenvalue weighted by atomic mass is 19.3. The van der Waals surface area contributed by atoms with Gasteiger partial charge in [0.1, 0.15) is 5.70 Å². The molecule has 1 rings (SSSR count). The Kier molecular flexibility index (Phi) is 6.24. The average Bonchev–Trinajstić information content (AvgIpc) is 2.48. The zero-order valence-electron chi connectivity index (χ0n) is 11.6. The maximum atomic E-state index is 13.5. The van der Waals surface area contributed by atoms with Gasteiger partial charge in [-0.15, -0.1) is 0 Å². The van der Waals surface area contributed by atoms with E-state index in [9.17, 15) is 22.8 Å². The molecular formula is C13H12F3NO5. The second-order valence-electron chi connectivity index (χ2n) is 3.69. The number of ether oxygens (including phenoxy) is 3. The molecule has 1 aromatic carbocycles. The zero-order valence-corrected chi connectivity index (χ0v) is 11.6. The molecule has 0 saturated heterocycles. The SMILES string of the molecule is COC(=O)/C=C(/Nc1cccc(F)c1OC(F)F)C(=O)OC. The van der Waals surface area contributed by atoms with Gasteiger partial charge in [0.25, 0.3) is 0 Å². The van der Waals surface area contributed by atoms with Crippen LogP contribution in [0, 0.1) is 5.82 Å². The summed E-state index contributed by atoms with van der Waals surface area (Å²) in [5, 5.41) is 2.30. The van der Waals surface area contributed by atoms with E-state index in [0.29, 0.717) is 0 Å². The van der Waals surface area contributed by atoms with E-state index in [4.69, 9.17) is 0 Å². The predicted octanol–water partition coefficient (Wildman–Crippen LogP) is 2.07. The Morgan fingerprint density at radius 3 is 2.45 bits per heavy atom. The Balaban J connectivity index is 3.18. The first kappa shape index (κ1) is 17.3. The van der Waals surface area contributed by atoms with E-state index >= 15 is 0 Å². The zero-order chi connectivity index (χ0) is 16.7. The Hall–Kier alpha value is -2.71. The van der Waals surface area contributed by atoms with Gasteiger partial charge in [0.05, 0.1) is 26.0 Å². The van der Waals surface area contributed by atoms with Crippen LogP contribution in [-0.2, 0) is 19.1 Å². The molecule has 0 spiro atoms. The minimum atomic E-state index is -3.27. The molecule has 0 atom stereocenters. The number of anilines is 1. The minimum Gasteiger partial charge on any atom is -0.466 e. The van der Waals surface area contributed by atoms with Crippen molar-refractivity contribution in [1.29, 1.82) is 0 Å². The third-order valence-electron chi connectivity index (χ3n) is 2.31. The number of hydrogen-bond donors (Lipinski definition) is 1. The third-order valence-corrected chi connectivity index (χ3v) is 2.31. The number of alkyl halides is 2. The summed E-state index contributed by atoms with van der Waals surface area (Å²) in [6.45, 7) is -3.27. The van der Waals surface area contributed by atoms with E-state index in [0.717, 1.165) is 26.4 Å². The first-order chi connectivity index (χ1) is 10.4. The van der Waals surface area contributed by atoms with E-state index in [1.165, 1.54) is 12.1 Å². The van der Waals surface area contributed by atoms with Gasteiger partial charge in [-0.2, -0.15) is 8.78 Å². The van der Waals surface area contributed by atoms with Crippen LogP contribution in [0.2, 0.25) is 0 Å². The summed E-state index contributed by atoms with van der Waals surface area (Å²) in [4.78, 5) is 22.7. The number of halogens is 3. The van der Waals surface area contributed by atoms with Crippen molar-refractivity contribution in [2.24, 2.45) is 0 Å². The number of benzene rings is 1. The molecule has 0 aliphatic carbocycles. The number of nitrogens with one attached hydrogen (secondary N) is 1. The van der Waals surface area contributed by atoms with Gasteiger partial charge in [-0.3, -0.25) is 0 Å². The molecule has 0 heterocycles. The number of hydrogen-bond acceptors (Lipinski definition) is 6. The monoisotopic (exact) mass is 319 g/mol. The van der Waals surface area contributed by atoms with Crippen molar-refractivity contribution >= 4 is 17.6 Å². The Morgan fingerprint density at radius 2 is 1.91 bits per heavy atom. The predicted molar refractivity (Wildman–Crippen MR) is 68.8 cm³/mol. The van der Waals surface area contributed by atoms with Crippen molar-refractivity contribution in [2.45, 2.75) is 6.61 Å². The normalized spacial score (nSPS) is 11.1. The van der Waals surface area contributed by atoms with Gasteiger partial charge < -0.3 is 19.5 Å². The quantitative estimate of drug-likeness (QED) is 0.639. The van der Waals surface area contributed by atoms with Crippen molar-refractivity contribution < 1.29 is 37.0 Å². The number of methoxy groups -OCH3 is 2. The molecule has 0 saturated carbocycles. The Morgan fingerprint density at radius 1 is 1.23 bits per heavy atom. The molecule has 0 fully saturated rings. The summed E-state index contributed by atoms with van der Waals surface area (Å²) in [6.07, 6.45) is 0.725. The van der Waals surface area contributed by atoms with Crippen LogP contribution in [0.4, 0.5) is 18.9 Å². The van der Waals surface area contributed by atoms with E-state index in [-0.39, 0.29) is 5.69 Å². The van der Waals surface area contributed by atoms with Crippen LogP contribution >= 0.6 is 0 Å². The van der Waals surface area contributed by atoms with Gasteiger partial charge in [0, 0.05) is 0 Å². The lowest BCUT2D eigenvalue weighted by Gasteiger charge is -2.14. The van der Waals surface area contributed by atoms with Gasteiger partial charge in [-0.05, 0) is 12.1 Å². The number of carbonyl (C=O) groups excluding carboxylic acids is 2. The Bertz CT molecular complexity index is 589. The fourth-order valence-corrected chi connectivity index (χ4v) is 1.39. The van der Waals surface area contributed by atoms with Crippen LogP contribution in [0.15, 0.2) is 30.0 Å². The molecule has 9 heteroatoms. The van der Waals surface area contributed by atoms with E-state index in [1.54, 1.807) is 0 Å². The molecule has 0 aromatic heterocycles. The fraction of sp³-hybridized carbons (Fsp3) is 0.231. The van der Waals surface area contributed by atoms with Gasteiger partial charge >= 0.3 is 18.6 Å². The maximum Gasteiger partial charge on any atom is 0.387 e. The van der Waals surface area contributed by atoms with E-state index in [2.05, 4.69) is 19.5 Å². The van der Waals surface area contributed by atoms with Crippen LogP contribution in [0.1, 0.15) is 0 Å². The summed E-state index contributed by atoms with van der Waals surface area (Å²) in [7, 11) is 2.11. The van der Waals surface area contributed by atoms with E-state index < -0.39 is 35.8 Å². The first-order valence-corrected chi connectivity index (χ1v) is 5.77. The van der Waals surface area contributed by atoms with Crippen molar-refractivity contribution in [1.82, 2.24) is 0 Å². The highest BCUT2D eigenvalue weighted by Gasteiger charge is 2.19. The molecule has 0 bridgehead atoms. The molecule has 0 aliphatic rings. The Labute approximate surface area is 123 Å².